The van der Waals surface area contributed by atoms with Crippen LogP contribution in [0.3, 0.4) is 0 Å². The highest BCUT2D eigenvalue weighted by atomic mass is 35.5. The van der Waals surface area contributed by atoms with Crippen LogP contribution in [0.5, 0.6) is 0 Å². The monoisotopic (exact) mass is 356 g/mol. The number of rotatable bonds is 3. The molecule has 9 nitrogen and oxygen atoms in total. The summed E-state index contributed by atoms with van der Waals surface area (Å²) >= 11 is 6.34. The topological polar surface area (TPSA) is 76.6 Å². The van der Waals surface area contributed by atoms with E-state index in [4.69, 9.17) is 16.3 Å². The van der Waals surface area contributed by atoms with Crippen molar-refractivity contribution in [3.8, 4) is 5.69 Å². The maximum absolute atomic E-state index is 6.34. The number of nitrogens with zero attached hydrogens (tertiary/aromatic N) is 8. The maximum Gasteiger partial charge on any atom is 0.209 e. The van der Waals surface area contributed by atoms with Crippen molar-refractivity contribution < 1.29 is 4.74 Å². The van der Waals surface area contributed by atoms with Crippen LogP contribution in [0.2, 0.25) is 5.28 Å². The van der Waals surface area contributed by atoms with Crippen molar-refractivity contribution in [2.75, 3.05) is 17.2 Å². The molecule has 5 rings (SSSR count). The lowest BCUT2D eigenvalue weighted by atomic mass is 10.1. The summed E-state index contributed by atoms with van der Waals surface area (Å²) in [5.74, 6) is 0.796. The zero-order valence-electron chi connectivity index (χ0n) is 13.2. The number of para-hydroxylation sites is 1. The van der Waals surface area contributed by atoms with Crippen LogP contribution < -0.4 is 10.1 Å². The molecule has 0 N–H and O–H groups in total. The predicted octanol–water partition coefficient (Wildman–Crippen LogP) is 1.68. The Morgan fingerprint density at radius 3 is 3.00 bits per heavy atom. The minimum absolute atomic E-state index is 0.226. The number of imidazole rings is 1. The fraction of sp³-hybridized carbons (Fsp3) is 0.200. The standard InChI is InChI=1S/C15H13ClN8O/c1-25-8-10-6-19-20-24(10)21-9-18-14-11-4-2-3-5-12(11)22-13(23(14)21)7-17-15(22)16/h2-7,9,14H,8H2,1H3. The summed E-state index contributed by atoms with van der Waals surface area (Å²) in [4.78, 5) is 10.6. The molecule has 1 atom stereocenters. The fourth-order valence-electron chi connectivity index (χ4n) is 3.22. The summed E-state index contributed by atoms with van der Waals surface area (Å²) in [5, 5.41) is 12.3. The van der Waals surface area contributed by atoms with Gasteiger partial charge in [-0.05, 0) is 22.9 Å². The lowest BCUT2D eigenvalue weighted by Gasteiger charge is -2.37. The molecule has 0 aliphatic carbocycles. The average Bonchev–Trinajstić information content (AvgIpc) is 3.33. The molecular weight excluding hydrogens is 344 g/mol. The molecule has 2 aliphatic heterocycles. The van der Waals surface area contributed by atoms with Crippen molar-refractivity contribution >= 4 is 23.8 Å². The van der Waals surface area contributed by atoms with Gasteiger partial charge in [0.05, 0.1) is 24.7 Å². The molecule has 3 aromatic rings. The number of methoxy groups -OCH3 is 1. The number of ether oxygens (including phenoxy) is 1. The summed E-state index contributed by atoms with van der Waals surface area (Å²) in [6.07, 6.45) is 4.87. The van der Waals surface area contributed by atoms with E-state index in [1.165, 1.54) is 0 Å². The number of hydrogen-bond acceptors (Lipinski definition) is 7. The van der Waals surface area contributed by atoms with Gasteiger partial charge in [-0.25, -0.2) is 15.0 Å². The molecule has 0 radical (unpaired) electrons. The molecule has 0 amide bonds. The van der Waals surface area contributed by atoms with E-state index in [2.05, 4.69) is 20.3 Å². The van der Waals surface area contributed by atoms with Gasteiger partial charge in [0.15, 0.2) is 12.0 Å². The Morgan fingerprint density at radius 1 is 1.24 bits per heavy atom. The average molecular weight is 357 g/mol. The molecule has 1 aromatic carbocycles. The second-order valence-corrected chi connectivity index (χ2v) is 5.97. The molecule has 2 aromatic heterocycles. The SMILES string of the molecule is COCc1cnnn1N1C=NC2c3ccccc3-n3c(cnc3Cl)N21. The number of benzene rings is 1. The zero-order valence-corrected chi connectivity index (χ0v) is 13.9. The second-order valence-electron chi connectivity index (χ2n) is 5.63. The minimum Gasteiger partial charge on any atom is -0.378 e. The predicted molar refractivity (Wildman–Crippen MR) is 91.2 cm³/mol. The molecule has 0 fully saturated rings. The van der Waals surface area contributed by atoms with Gasteiger partial charge in [0.1, 0.15) is 12.0 Å². The van der Waals surface area contributed by atoms with Crippen molar-refractivity contribution in [3.05, 3.63) is 53.2 Å². The van der Waals surface area contributed by atoms with Gasteiger partial charge in [0.25, 0.3) is 0 Å². The van der Waals surface area contributed by atoms with Gasteiger partial charge >= 0.3 is 0 Å². The first kappa shape index (κ1) is 14.4. The molecule has 1 unspecified atom stereocenters. The third kappa shape index (κ3) is 1.93. The summed E-state index contributed by atoms with van der Waals surface area (Å²) in [7, 11) is 1.63. The van der Waals surface area contributed by atoms with Crippen molar-refractivity contribution in [1.82, 2.24) is 24.7 Å². The van der Waals surface area contributed by atoms with Gasteiger partial charge < -0.3 is 4.74 Å². The largest absolute Gasteiger partial charge is 0.378 e. The molecule has 0 spiro atoms. The van der Waals surface area contributed by atoms with E-state index in [0.29, 0.717) is 11.9 Å². The lowest BCUT2D eigenvalue weighted by molar-refractivity contribution is 0.177. The summed E-state index contributed by atoms with van der Waals surface area (Å²) in [5.41, 5.74) is 2.80. The number of halogens is 1. The highest BCUT2D eigenvalue weighted by Crippen LogP contribution is 2.42. The molecule has 0 saturated carbocycles. The minimum atomic E-state index is -0.226. The van der Waals surface area contributed by atoms with Crippen LogP contribution in [-0.2, 0) is 11.3 Å². The highest BCUT2D eigenvalue weighted by molar-refractivity contribution is 6.29. The Hall–Kier alpha value is -2.91. The number of anilines is 1. The van der Waals surface area contributed by atoms with Crippen LogP contribution in [0.15, 0.2) is 41.7 Å². The molecule has 0 bridgehead atoms. The molecular formula is C15H13ClN8O. The lowest BCUT2D eigenvalue weighted by Crippen LogP contribution is -2.49. The van der Waals surface area contributed by atoms with Crippen molar-refractivity contribution in [2.24, 2.45) is 4.99 Å². The van der Waals surface area contributed by atoms with E-state index in [1.54, 1.807) is 35.8 Å². The Balaban J connectivity index is 1.68. The number of aromatic nitrogens is 5. The van der Waals surface area contributed by atoms with Crippen LogP contribution in [-0.4, -0.2) is 38.1 Å². The van der Waals surface area contributed by atoms with E-state index >= 15 is 0 Å². The van der Waals surface area contributed by atoms with Crippen molar-refractivity contribution in [2.45, 2.75) is 12.8 Å². The van der Waals surface area contributed by atoms with Crippen molar-refractivity contribution in [3.63, 3.8) is 0 Å². The second kappa shape index (κ2) is 5.30. The van der Waals surface area contributed by atoms with Crippen LogP contribution in [0.4, 0.5) is 5.82 Å². The van der Waals surface area contributed by atoms with E-state index in [1.807, 2.05) is 33.8 Å². The Labute approximate surface area is 147 Å². The van der Waals surface area contributed by atoms with Crippen molar-refractivity contribution in [1.29, 1.82) is 0 Å². The van der Waals surface area contributed by atoms with Crippen LogP contribution >= 0.6 is 11.6 Å². The van der Waals surface area contributed by atoms with Gasteiger partial charge in [-0.1, -0.05) is 18.2 Å². The molecule has 4 heterocycles. The normalized spacial score (nSPS) is 17.6. The first-order chi connectivity index (χ1) is 12.3. The first-order valence-corrected chi connectivity index (χ1v) is 8.00. The van der Waals surface area contributed by atoms with E-state index in [-0.39, 0.29) is 6.17 Å². The third-order valence-electron chi connectivity index (χ3n) is 4.24. The van der Waals surface area contributed by atoms with Crippen LogP contribution in [0, 0.1) is 0 Å². The maximum atomic E-state index is 6.34. The fourth-order valence-corrected chi connectivity index (χ4v) is 3.44. The molecule has 10 heteroatoms. The Morgan fingerprint density at radius 2 is 2.12 bits per heavy atom. The molecule has 126 valence electrons. The molecule has 2 aliphatic rings. The van der Waals surface area contributed by atoms with Crippen LogP contribution in [0.25, 0.3) is 5.69 Å². The van der Waals surface area contributed by atoms with E-state index in [9.17, 15) is 0 Å². The van der Waals surface area contributed by atoms with Crippen LogP contribution in [0.1, 0.15) is 17.4 Å². The Kier molecular flexibility index (Phi) is 3.06. The quantitative estimate of drug-likeness (QED) is 0.710. The van der Waals surface area contributed by atoms with Gasteiger partial charge in [-0.2, -0.15) is 5.12 Å². The molecule has 25 heavy (non-hydrogen) atoms. The first-order valence-electron chi connectivity index (χ1n) is 7.62. The van der Waals surface area contributed by atoms with Gasteiger partial charge in [-0.15, -0.1) is 9.89 Å². The molecule has 0 saturated heterocycles. The summed E-state index contributed by atoms with van der Waals surface area (Å²) in [6.45, 7) is 0.381. The highest BCUT2D eigenvalue weighted by Gasteiger charge is 2.40. The number of fused-ring (bicyclic) bond motifs is 6. The van der Waals surface area contributed by atoms with E-state index in [0.717, 1.165) is 22.8 Å². The summed E-state index contributed by atoms with van der Waals surface area (Å²) < 4.78 is 7.11. The number of hydrogen-bond donors (Lipinski definition) is 0. The van der Waals surface area contributed by atoms with E-state index < -0.39 is 0 Å². The van der Waals surface area contributed by atoms with Gasteiger partial charge in [0, 0.05) is 12.7 Å². The Bertz CT molecular complexity index is 980. The van der Waals surface area contributed by atoms with Gasteiger partial charge in [-0.3, -0.25) is 4.57 Å². The summed E-state index contributed by atoms with van der Waals surface area (Å²) in [6, 6.07) is 7.99. The smallest absolute Gasteiger partial charge is 0.209 e. The number of aliphatic imine (C=N–C) groups is 1. The van der Waals surface area contributed by atoms with Gasteiger partial charge in [0.2, 0.25) is 5.28 Å². The number of hydrazine groups is 1. The third-order valence-corrected chi connectivity index (χ3v) is 4.51. The zero-order chi connectivity index (χ0) is 17.0.